The first-order valence-electron chi connectivity index (χ1n) is 11.7. The molecule has 0 aliphatic heterocycles. The zero-order chi connectivity index (χ0) is 27.0. The fraction of sp³-hybridized carbons (Fsp3) is 0.179. The van der Waals surface area contributed by atoms with Crippen LogP contribution in [-0.2, 0) is 20.7 Å². The highest BCUT2D eigenvalue weighted by Gasteiger charge is 2.27. The molecule has 0 aliphatic carbocycles. The second kappa shape index (κ2) is 9.70. The average Bonchev–Trinajstić information content (AvgIpc) is 3.24. The number of alkyl halides is 3. The lowest BCUT2D eigenvalue weighted by molar-refractivity contribution is -0.0999. The highest BCUT2D eigenvalue weighted by molar-refractivity contribution is 5.86. The van der Waals surface area contributed by atoms with Crippen molar-refractivity contribution in [2.75, 3.05) is 5.32 Å². The topological polar surface area (TPSA) is 74.0 Å². The van der Waals surface area contributed by atoms with Crippen LogP contribution in [0.3, 0.4) is 0 Å². The lowest BCUT2D eigenvalue weighted by atomic mass is 10.0. The molecule has 5 rings (SSSR count). The molecule has 0 fully saturated rings. The summed E-state index contributed by atoms with van der Waals surface area (Å²) in [5.41, 5.74) is 5.49. The molecule has 2 aromatic carbocycles. The largest absolute Gasteiger partial charge is 0.482 e. The summed E-state index contributed by atoms with van der Waals surface area (Å²) in [6.45, 7) is 2.17. The van der Waals surface area contributed by atoms with Gasteiger partial charge in [0.05, 0.1) is 16.8 Å². The van der Waals surface area contributed by atoms with Crippen LogP contribution in [0.25, 0.3) is 33.3 Å². The number of aromatic nitrogens is 4. The van der Waals surface area contributed by atoms with Gasteiger partial charge in [-0.05, 0) is 48.4 Å². The lowest BCUT2D eigenvalue weighted by Crippen LogP contribution is -2.20. The zero-order valence-electron chi connectivity index (χ0n) is 20.9. The highest BCUT2D eigenvalue weighted by atomic mass is 19.4. The molecule has 3 aromatic heterocycles. The van der Waals surface area contributed by atoms with E-state index in [2.05, 4.69) is 10.1 Å². The van der Waals surface area contributed by atoms with Gasteiger partial charge in [0.2, 0.25) is 11.4 Å². The van der Waals surface area contributed by atoms with E-state index in [4.69, 9.17) is 4.74 Å². The minimum atomic E-state index is -4.50. The van der Waals surface area contributed by atoms with Crippen LogP contribution in [0.15, 0.2) is 77.9 Å². The zero-order valence-corrected chi connectivity index (χ0v) is 20.9. The molecular formula is C28H24F3N5O2. The molecule has 3 heterocycles. The number of fused-ring (bicyclic) bond motifs is 1. The SMILES string of the molecule is Cc1cc2cc(NC(F)(F)F)ccc2nc1-c1ccc(COc2nn(C)cc2-c2ccc(=O)n(C)c2)cc1. The molecule has 7 nitrogen and oxygen atoms in total. The second-order valence-electron chi connectivity index (χ2n) is 9.06. The monoisotopic (exact) mass is 519 g/mol. The molecule has 0 atom stereocenters. The third-order valence-corrected chi connectivity index (χ3v) is 6.09. The number of aryl methyl sites for hydroxylation is 3. The molecule has 194 valence electrons. The predicted molar refractivity (Wildman–Crippen MR) is 140 cm³/mol. The minimum absolute atomic E-state index is 0.0318. The van der Waals surface area contributed by atoms with Gasteiger partial charge in [-0.2, -0.15) is 13.2 Å². The highest BCUT2D eigenvalue weighted by Crippen LogP contribution is 2.30. The van der Waals surface area contributed by atoms with Crippen LogP contribution in [0.1, 0.15) is 11.1 Å². The molecule has 5 aromatic rings. The van der Waals surface area contributed by atoms with E-state index in [9.17, 15) is 18.0 Å². The maximum Gasteiger partial charge on any atom is 0.482 e. The molecule has 0 spiro atoms. The van der Waals surface area contributed by atoms with E-state index in [0.717, 1.165) is 33.5 Å². The Balaban J connectivity index is 1.34. The number of hydrogen-bond donors (Lipinski definition) is 1. The number of rotatable bonds is 6. The standard InChI is InChI=1S/C28H24F3N5O2/c1-17-12-21-13-22(33-28(29,30)31)9-10-24(21)32-26(17)19-6-4-18(5-7-19)16-38-27-23(15-36(3)34-27)20-8-11-25(37)35(2)14-20/h4-15,33H,16H2,1-3H3. The Kier molecular flexibility index (Phi) is 6.40. The number of pyridine rings is 2. The third kappa shape index (κ3) is 5.39. The van der Waals surface area contributed by atoms with Crippen LogP contribution in [0.2, 0.25) is 0 Å². The van der Waals surface area contributed by atoms with E-state index in [1.807, 2.05) is 43.5 Å². The summed E-state index contributed by atoms with van der Waals surface area (Å²) < 4.78 is 47.2. The van der Waals surface area contributed by atoms with E-state index >= 15 is 0 Å². The van der Waals surface area contributed by atoms with Gasteiger partial charge >= 0.3 is 6.30 Å². The summed E-state index contributed by atoms with van der Waals surface area (Å²) >= 11 is 0. The normalized spacial score (nSPS) is 11.6. The van der Waals surface area contributed by atoms with Crippen molar-refractivity contribution in [3.63, 3.8) is 0 Å². The van der Waals surface area contributed by atoms with Crippen LogP contribution >= 0.6 is 0 Å². The number of ether oxygens (including phenoxy) is 1. The van der Waals surface area contributed by atoms with Crippen molar-refractivity contribution < 1.29 is 17.9 Å². The fourth-order valence-corrected chi connectivity index (χ4v) is 4.25. The van der Waals surface area contributed by atoms with E-state index in [0.29, 0.717) is 16.8 Å². The molecule has 0 radical (unpaired) electrons. The van der Waals surface area contributed by atoms with Crippen LogP contribution < -0.4 is 15.6 Å². The summed E-state index contributed by atoms with van der Waals surface area (Å²) in [5, 5.41) is 6.56. The maximum atomic E-state index is 12.7. The number of halogens is 3. The van der Waals surface area contributed by atoms with Gasteiger partial charge in [0.15, 0.2) is 0 Å². The Hall–Kier alpha value is -4.60. The number of hydrogen-bond acceptors (Lipinski definition) is 5. The van der Waals surface area contributed by atoms with Crippen LogP contribution in [0, 0.1) is 6.92 Å². The van der Waals surface area contributed by atoms with Crippen molar-refractivity contribution in [2.45, 2.75) is 19.8 Å². The Bertz CT molecular complexity index is 1690. The molecule has 0 saturated carbocycles. The van der Waals surface area contributed by atoms with Gasteiger partial charge in [0, 0.05) is 54.8 Å². The summed E-state index contributed by atoms with van der Waals surface area (Å²) in [4.78, 5) is 16.4. The smallest absolute Gasteiger partial charge is 0.471 e. The molecule has 0 saturated heterocycles. The number of nitrogens with zero attached hydrogens (tertiary/aromatic N) is 4. The first kappa shape index (κ1) is 25.1. The van der Waals surface area contributed by atoms with E-state index in [1.165, 1.54) is 28.1 Å². The molecular weight excluding hydrogens is 495 g/mol. The number of nitrogens with one attached hydrogen (secondary N) is 1. The van der Waals surface area contributed by atoms with Crippen molar-refractivity contribution in [3.05, 3.63) is 94.5 Å². The summed E-state index contributed by atoms with van der Waals surface area (Å²) in [6.07, 6.45) is -0.914. The van der Waals surface area contributed by atoms with Crippen LogP contribution in [0.4, 0.5) is 18.9 Å². The Labute approximate surface area is 216 Å². The first-order valence-corrected chi connectivity index (χ1v) is 11.7. The number of benzene rings is 2. The Morgan fingerprint density at radius 3 is 2.39 bits per heavy atom. The van der Waals surface area contributed by atoms with E-state index < -0.39 is 6.30 Å². The van der Waals surface area contributed by atoms with Gasteiger partial charge in [-0.3, -0.25) is 14.8 Å². The van der Waals surface area contributed by atoms with Gasteiger partial charge < -0.3 is 9.30 Å². The second-order valence-corrected chi connectivity index (χ2v) is 9.06. The van der Waals surface area contributed by atoms with Crippen molar-refractivity contribution in [1.29, 1.82) is 0 Å². The van der Waals surface area contributed by atoms with Gasteiger partial charge in [-0.15, -0.1) is 5.10 Å². The van der Waals surface area contributed by atoms with Gasteiger partial charge in [0.25, 0.3) is 0 Å². The molecule has 0 aliphatic rings. The van der Waals surface area contributed by atoms with Gasteiger partial charge in [-0.1, -0.05) is 24.3 Å². The molecule has 0 unspecified atom stereocenters. The van der Waals surface area contributed by atoms with Crippen molar-refractivity contribution >= 4 is 16.6 Å². The quantitative estimate of drug-likeness (QED) is 0.286. The molecule has 1 N–H and O–H groups in total. The Morgan fingerprint density at radius 1 is 0.947 bits per heavy atom. The molecule has 0 amide bonds. The van der Waals surface area contributed by atoms with Crippen molar-refractivity contribution in [1.82, 2.24) is 19.3 Å². The summed E-state index contributed by atoms with van der Waals surface area (Å²) in [5.74, 6) is 0.460. The van der Waals surface area contributed by atoms with Gasteiger partial charge in [0.1, 0.15) is 6.61 Å². The lowest BCUT2D eigenvalue weighted by Gasteiger charge is -2.12. The minimum Gasteiger partial charge on any atom is -0.471 e. The van der Waals surface area contributed by atoms with E-state index in [1.54, 1.807) is 37.1 Å². The molecule has 0 bridgehead atoms. The van der Waals surface area contributed by atoms with E-state index in [-0.39, 0.29) is 17.9 Å². The summed E-state index contributed by atoms with van der Waals surface area (Å²) in [7, 11) is 3.50. The van der Waals surface area contributed by atoms with Crippen LogP contribution in [-0.4, -0.2) is 25.6 Å². The number of anilines is 1. The summed E-state index contributed by atoms with van der Waals surface area (Å²) in [6, 6.07) is 17.2. The predicted octanol–water partition coefficient (Wildman–Crippen LogP) is 5.82. The van der Waals surface area contributed by atoms with Crippen LogP contribution in [0.5, 0.6) is 5.88 Å². The van der Waals surface area contributed by atoms with Gasteiger partial charge in [-0.25, -0.2) is 4.98 Å². The van der Waals surface area contributed by atoms with Crippen molar-refractivity contribution in [2.24, 2.45) is 14.1 Å². The molecule has 10 heteroatoms. The average molecular weight is 520 g/mol. The molecule has 38 heavy (non-hydrogen) atoms. The van der Waals surface area contributed by atoms with Crippen molar-refractivity contribution in [3.8, 4) is 28.3 Å². The first-order chi connectivity index (χ1) is 18.1. The fourth-order valence-electron chi connectivity index (χ4n) is 4.25. The Morgan fingerprint density at radius 2 is 1.68 bits per heavy atom. The maximum absolute atomic E-state index is 12.7. The third-order valence-electron chi connectivity index (χ3n) is 6.09.